The zero-order valence-corrected chi connectivity index (χ0v) is 10.1. The molecule has 3 rings (SSSR count). The van der Waals surface area contributed by atoms with Crippen LogP contribution in [0.4, 0.5) is 0 Å². The molecule has 4 nitrogen and oxygen atoms in total. The SMILES string of the molecule is Cn1c(CN)ccc1-c1cc2cc(O)ccc2[nH]1. The number of hydrogen-bond donors (Lipinski definition) is 3. The molecule has 0 spiro atoms. The van der Waals surface area contributed by atoms with Crippen molar-refractivity contribution in [1.29, 1.82) is 0 Å². The predicted molar refractivity (Wildman–Crippen MR) is 72.3 cm³/mol. The van der Waals surface area contributed by atoms with E-state index in [-0.39, 0.29) is 5.75 Å². The third kappa shape index (κ3) is 1.58. The zero-order valence-electron chi connectivity index (χ0n) is 10.1. The van der Waals surface area contributed by atoms with Crippen LogP contribution < -0.4 is 5.73 Å². The van der Waals surface area contributed by atoms with E-state index in [4.69, 9.17) is 5.73 Å². The fraction of sp³-hybridized carbons (Fsp3) is 0.143. The summed E-state index contributed by atoms with van der Waals surface area (Å²) < 4.78 is 2.07. The Labute approximate surface area is 105 Å². The van der Waals surface area contributed by atoms with Crippen molar-refractivity contribution in [3.05, 3.63) is 42.1 Å². The van der Waals surface area contributed by atoms with Crippen LogP contribution in [0.15, 0.2) is 36.4 Å². The molecule has 4 heteroatoms. The Kier molecular flexibility index (Phi) is 2.38. The second-order valence-electron chi connectivity index (χ2n) is 4.43. The Morgan fingerprint density at radius 2 is 2.06 bits per heavy atom. The van der Waals surface area contributed by atoms with Crippen molar-refractivity contribution in [3.8, 4) is 17.1 Å². The number of aromatic hydroxyl groups is 1. The molecule has 18 heavy (non-hydrogen) atoms. The molecule has 0 atom stereocenters. The van der Waals surface area contributed by atoms with Crippen molar-refractivity contribution in [2.24, 2.45) is 12.8 Å². The number of nitrogens with one attached hydrogen (secondary N) is 1. The molecule has 0 radical (unpaired) electrons. The van der Waals surface area contributed by atoms with Gasteiger partial charge in [-0.1, -0.05) is 0 Å². The number of phenols is 1. The Morgan fingerprint density at radius 1 is 1.22 bits per heavy atom. The number of hydrogen-bond acceptors (Lipinski definition) is 2. The second-order valence-corrected chi connectivity index (χ2v) is 4.43. The van der Waals surface area contributed by atoms with Gasteiger partial charge in [-0.05, 0) is 36.4 Å². The van der Waals surface area contributed by atoms with Gasteiger partial charge in [-0.2, -0.15) is 0 Å². The maximum atomic E-state index is 9.47. The molecule has 3 aromatic rings. The smallest absolute Gasteiger partial charge is 0.116 e. The van der Waals surface area contributed by atoms with Gasteiger partial charge >= 0.3 is 0 Å². The number of fused-ring (bicyclic) bond motifs is 1. The lowest BCUT2D eigenvalue weighted by Crippen LogP contribution is -2.03. The number of phenolic OH excluding ortho intramolecular Hbond substituents is 1. The molecule has 0 fully saturated rings. The molecular formula is C14H15N3O. The topological polar surface area (TPSA) is 67.0 Å². The van der Waals surface area contributed by atoms with Gasteiger partial charge in [0.1, 0.15) is 5.75 Å². The molecule has 0 bridgehead atoms. The quantitative estimate of drug-likeness (QED) is 0.644. The van der Waals surface area contributed by atoms with Crippen molar-refractivity contribution in [1.82, 2.24) is 9.55 Å². The number of benzene rings is 1. The molecule has 92 valence electrons. The van der Waals surface area contributed by atoms with Crippen LogP contribution in [-0.2, 0) is 13.6 Å². The first-order chi connectivity index (χ1) is 8.69. The van der Waals surface area contributed by atoms with E-state index in [9.17, 15) is 5.11 Å². The van der Waals surface area contributed by atoms with E-state index in [1.54, 1.807) is 12.1 Å². The average molecular weight is 241 g/mol. The number of rotatable bonds is 2. The van der Waals surface area contributed by atoms with E-state index in [2.05, 4.69) is 9.55 Å². The van der Waals surface area contributed by atoms with E-state index in [1.807, 2.05) is 31.3 Å². The summed E-state index contributed by atoms with van der Waals surface area (Å²) in [5.74, 6) is 0.280. The molecule has 2 heterocycles. The van der Waals surface area contributed by atoms with Crippen LogP contribution in [0.5, 0.6) is 5.75 Å². The zero-order chi connectivity index (χ0) is 12.7. The van der Waals surface area contributed by atoms with Crippen molar-refractivity contribution in [2.75, 3.05) is 0 Å². The van der Waals surface area contributed by atoms with Gasteiger partial charge in [0.25, 0.3) is 0 Å². The number of H-pyrrole nitrogens is 1. The summed E-state index contributed by atoms with van der Waals surface area (Å²) >= 11 is 0. The van der Waals surface area contributed by atoms with Crippen LogP contribution in [-0.4, -0.2) is 14.7 Å². The standard InChI is InChI=1S/C14H15N3O/c1-17-10(8-15)2-5-14(17)13-7-9-6-11(18)3-4-12(9)16-13/h2-7,16,18H,8,15H2,1H3. The lowest BCUT2D eigenvalue weighted by atomic mass is 10.2. The van der Waals surface area contributed by atoms with Crippen molar-refractivity contribution in [2.45, 2.75) is 6.54 Å². The third-order valence-corrected chi connectivity index (χ3v) is 3.32. The maximum Gasteiger partial charge on any atom is 0.116 e. The number of aromatic nitrogens is 2. The van der Waals surface area contributed by atoms with E-state index in [0.717, 1.165) is 28.0 Å². The summed E-state index contributed by atoms with van der Waals surface area (Å²) in [4.78, 5) is 3.34. The minimum atomic E-state index is 0.280. The van der Waals surface area contributed by atoms with E-state index < -0.39 is 0 Å². The molecule has 0 aliphatic heterocycles. The first kappa shape index (κ1) is 10.9. The highest BCUT2D eigenvalue weighted by atomic mass is 16.3. The summed E-state index contributed by atoms with van der Waals surface area (Å²) in [5, 5.41) is 10.5. The monoisotopic (exact) mass is 241 g/mol. The van der Waals surface area contributed by atoms with Gasteiger partial charge in [0.05, 0.1) is 11.4 Å². The molecule has 0 unspecified atom stereocenters. The predicted octanol–water partition coefficient (Wildman–Crippen LogP) is 2.34. The summed E-state index contributed by atoms with van der Waals surface area (Å²) in [6, 6.07) is 11.4. The first-order valence-corrected chi connectivity index (χ1v) is 5.86. The van der Waals surface area contributed by atoms with Crippen LogP contribution in [0, 0.1) is 0 Å². The minimum Gasteiger partial charge on any atom is -0.508 e. The molecule has 1 aromatic carbocycles. The van der Waals surface area contributed by atoms with E-state index >= 15 is 0 Å². The Bertz CT molecular complexity index is 709. The number of nitrogens with two attached hydrogens (primary N) is 1. The molecule has 0 saturated heterocycles. The van der Waals surface area contributed by atoms with Gasteiger partial charge in [-0.25, -0.2) is 0 Å². The Morgan fingerprint density at radius 3 is 2.78 bits per heavy atom. The number of aromatic amines is 1. The van der Waals surface area contributed by atoms with Gasteiger partial charge in [-0.3, -0.25) is 0 Å². The van der Waals surface area contributed by atoms with E-state index in [1.165, 1.54) is 0 Å². The van der Waals surface area contributed by atoms with Crippen molar-refractivity contribution in [3.63, 3.8) is 0 Å². The average Bonchev–Trinajstić information content (AvgIpc) is 2.91. The highest BCUT2D eigenvalue weighted by Crippen LogP contribution is 2.27. The number of nitrogens with zero attached hydrogens (tertiary/aromatic N) is 1. The van der Waals surface area contributed by atoms with Gasteiger partial charge in [-0.15, -0.1) is 0 Å². The van der Waals surface area contributed by atoms with Gasteiger partial charge in [0.15, 0.2) is 0 Å². The Balaban J connectivity index is 2.16. The van der Waals surface area contributed by atoms with Crippen LogP contribution >= 0.6 is 0 Å². The van der Waals surface area contributed by atoms with Crippen LogP contribution in [0.2, 0.25) is 0 Å². The lowest BCUT2D eigenvalue weighted by Gasteiger charge is -2.04. The van der Waals surface area contributed by atoms with Gasteiger partial charge in [0, 0.05) is 30.2 Å². The molecule has 0 saturated carbocycles. The van der Waals surface area contributed by atoms with Crippen molar-refractivity contribution < 1.29 is 5.11 Å². The molecular weight excluding hydrogens is 226 g/mol. The second kappa shape index (κ2) is 3.92. The lowest BCUT2D eigenvalue weighted by molar-refractivity contribution is 0.476. The van der Waals surface area contributed by atoms with Crippen LogP contribution in [0.3, 0.4) is 0 Å². The van der Waals surface area contributed by atoms with Crippen molar-refractivity contribution >= 4 is 10.9 Å². The molecule has 0 aliphatic carbocycles. The fourth-order valence-electron chi connectivity index (χ4n) is 2.29. The summed E-state index contributed by atoms with van der Waals surface area (Å²) in [6.07, 6.45) is 0. The highest BCUT2D eigenvalue weighted by Gasteiger charge is 2.09. The minimum absolute atomic E-state index is 0.280. The highest BCUT2D eigenvalue weighted by molar-refractivity contribution is 5.86. The summed E-state index contributed by atoms with van der Waals surface area (Å²) in [6.45, 7) is 0.525. The largest absolute Gasteiger partial charge is 0.508 e. The summed E-state index contributed by atoms with van der Waals surface area (Å²) in [7, 11) is 2.00. The molecule has 0 amide bonds. The van der Waals surface area contributed by atoms with E-state index in [0.29, 0.717) is 6.54 Å². The molecule has 2 aromatic heterocycles. The maximum absolute atomic E-state index is 9.47. The Hall–Kier alpha value is -2.20. The molecule has 4 N–H and O–H groups in total. The van der Waals surface area contributed by atoms with Gasteiger partial charge < -0.3 is 20.4 Å². The fourth-order valence-corrected chi connectivity index (χ4v) is 2.29. The normalized spacial score (nSPS) is 11.2. The van der Waals surface area contributed by atoms with Crippen LogP contribution in [0.25, 0.3) is 22.3 Å². The van der Waals surface area contributed by atoms with Gasteiger partial charge in [0.2, 0.25) is 0 Å². The third-order valence-electron chi connectivity index (χ3n) is 3.32. The molecule has 0 aliphatic rings. The van der Waals surface area contributed by atoms with Crippen LogP contribution in [0.1, 0.15) is 5.69 Å². The first-order valence-electron chi connectivity index (χ1n) is 5.86. The summed E-state index contributed by atoms with van der Waals surface area (Å²) in [5.41, 5.74) is 9.89.